The van der Waals surface area contributed by atoms with E-state index in [4.69, 9.17) is 14.7 Å². The minimum atomic E-state index is -0.251. The molecule has 0 saturated heterocycles. The molecule has 3 N–H and O–H groups in total. The van der Waals surface area contributed by atoms with Crippen molar-refractivity contribution >= 4 is 39.7 Å². The van der Waals surface area contributed by atoms with E-state index in [2.05, 4.69) is 68.9 Å². The lowest BCUT2D eigenvalue weighted by molar-refractivity contribution is -0.141. The van der Waals surface area contributed by atoms with Gasteiger partial charge in [0.1, 0.15) is 0 Å². The molecule has 0 fully saturated rings. The van der Waals surface area contributed by atoms with E-state index in [1.165, 1.54) is 18.1 Å². The van der Waals surface area contributed by atoms with Gasteiger partial charge in [0.15, 0.2) is 0 Å². The van der Waals surface area contributed by atoms with Crippen LogP contribution in [0.25, 0.3) is 33.7 Å². The Balaban J connectivity index is 1.82. The predicted molar refractivity (Wildman–Crippen MR) is 161 cm³/mol. The Kier molecular flexibility index (Phi) is 7.69. The van der Waals surface area contributed by atoms with Gasteiger partial charge in [0.25, 0.3) is 0 Å². The summed E-state index contributed by atoms with van der Waals surface area (Å²) in [5.74, 6) is 0.104. The highest BCUT2D eigenvalue weighted by molar-refractivity contribution is 5.85. The zero-order chi connectivity index (χ0) is 28.7. The Bertz CT molecular complexity index is 1670. The highest BCUT2D eigenvalue weighted by atomic mass is 16.5. The number of nitrogens with one attached hydrogen (secondary N) is 2. The normalized spacial score (nSPS) is 16.8. The van der Waals surface area contributed by atoms with E-state index in [9.17, 15) is 9.90 Å². The van der Waals surface area contributed by atoms with Crippen LogP contribution in [0.4, 0.5) is 0 Å². The number of aromatic nitrogens is 4. The number of aromatic amines is 2. The average Bonchev–Trinajstić information content (AvgIpc) is 3.61. The van der Waals surface area contributed by atoms with Gasteiger partial charge in [-0.05, 0) is 99.1 Å². The lowest BCUT2D eigenvalue weighted by atomic mass is 9.86. The van der Waals surface area contributed by atoms with Gasteiger partial charge in [0.2, 0.25) is 0 Å². The van der Waals surface area contributed by atoms with Crippen molar-refractivity contribution in [2.75, 3.05) is 6.61 Å². The molecule has 2 aliphatic rings. The number of hydrogen-bond donors (Lipinski definition) is 3. The van der Waals surface area contributed by atoms with Crippen molar-refractivity contribution in [1.29, 1.82) is 0 Å². The van der Waals surface area contributed by atoms with Gasteiger partial charge in [-0.1, -0.05) is 13.8 Å². The van der Waals surface area contributed by atoms with Crippen molar-refractivity contribution in [3.8, 4) is 0 Å². The first-order valence-electron chi connectivity index (χ1n) is 14.3. The van der Waals surface area contributed by atoms with Gasteiger partial charge in [-0.25, -0.2) is 4.98 Å². The van der Waals surface area contributed by atoms with E-state index < -0.39 is 0 Å². The van der Waals surface area contributed by atoms with Crippen molar-refractivity contribution in [1.82, 2.24) is 19.9 Å². The fraction of sp³-hybridized carbons (Fsp3) is 0.424. The molecule has 0 amide bonds. The third kappa shape index (κ3) is 4.99. The molecule has 210 valence electrons. The van der Waals surface area contributed by atoms with E-state index in [0.29, 0.717) is 6.61 Å². The summed E-state index contributed by atoms with van der Waals surface area (Å²) in [6.45, 7) is 14.6. The minimum Gasteiger partial charge on any atom is -0.466 e. The first kappa shape index (κ1) is 27.8. The van der Waals surface area contributed by atoms with Crippen LogP contribution in [0.1, 0.15) is 103 Å². The fourth-order valence-electron chi connectivity index (χ4n) is 6.18. The number of aliphatic hydroxyl groups excluding tert-OH is 1. The second-order valence-corrected chi connectivity index (χ2v) is 11.2. The van der Waals surface area contributed by atoms with Gasteiger partial charge in [-0.2, -0.15) is 0 Å². The Morgan fingerprint density at radius 3 is 2.30 bits per heavy atom. The SMILES string of the molecule is CCc1c(C)c2cc3[nH]c(cc4nc(c(C)c5nc(cc1[nH]2)C(C)=C5)[C@@H](CCCOC(C)=O)[C@@H]4C)c(C)c3CO. The third-order valence-corrected chi connectivity index (χ3v) is 8.68. The van der Waals surface area contributed by atoms with Gasteiger partial charge in [0, 0.05) is 57.8 Å². The van der Waals surface area contributed by atoms with Crippen LogP contribution in [0.15, 0.2) is 18.2 Å². The molecule has 0 saturated carbocycles. The first-order chi connectivity index (χ1) is 19.1. The molecule has 0 radical (unpaired) electrons. The molecule has 0 aromatic carbocycles. The maximum absolute atomic E-state index is 11.3. The van der Waals surface area contributed by atoms with Crippen molar-refractivity contribution < 1.29 is 14.6 Å². The van der Waals surface area contributed by atoms with Gasteiger partial charge >= 0.3 is 5.97 Å². The molecule has 7 nitrogen and oxygen atoms in total. The molecule has 5 rings (SSSR count). The average molecular weight is 541 g/mol. The number of esters is 1. The smallest absolute Gasteiger partial charge is 0.302 e. The van der Waals surface area contributed by atoms with Crippen molar-refractivity contribution in [2.24, 2.45) is 0 Å². The molecule has 0 aliphatic carbocycles. The zero-order valence-corrected chi connectivity index (χ0v) is 24.7. The van der Waals surface area contributed by atoms with E-state index in [0.717, 1.165) is 86.4 Å². The number of aliphatic hydroxyl groups is 1. The number of carbonyl (C=O) groups excluding carboxylic acids is 1. The van der Waals surface area contributed by atoms with Crippen LogP contribution in [0, 0.1) is 20.8 Å². The van der Waals surface area contributed by atoms with Crippen LogP contribution in [-0.2, 0) is 22.6 Å². The number of fused-ring (bicyclic) bond motifs is 8. The minimum absolute atomic E-state index is 0.0500. The van der Waals surface area contributed by atoms with E-state index in [-0.39, 0.29) is 24.4 Å². The summed E-state index contributed by atoms with van der Waals surface area (Å²) in [7, 11) is 0. The summed E-state index contributed by atoms with van der Waals surface area (Å²) < 4.78 is 5.23. The lowest BCUT2D eigenvalue weighted by Crippen LogP contribution is -2.07. The molecular formula is C33H40N4O3. The molecule has 0 spiro atoms. The quantitative estimate of drug-likeness (QED) is 0.229. The number of aryl methyl sites for hydroxylation is 3. The standard InChI is InChI=1S/C33H40N4O3/c1-8-23-18(3)29-15-32-25(16-38)20(5)28(36-32)14-30-19(4)24(10-9-11-40-22(7)39)33(37-30)21(6)27-12-17(2)26(34-27)13-31(23)35-29/h12-15,19,24,35-36,38H,8-11,16H2,1-7H3/t19-,24-/m0/s1. The monoisotopic (exact) mass is 540 g/mol. The molecule has 0 unspecified atom stereocenters. The lowest BCUT2D eigenvalue weighted by Gasteiger charge is -2.17. The predicted octanol–water partition coefficient (Wildman–Crippen LogP) is 7.09. The maximum atomic E-state index is 11.3. The second-order valence-electron chi connectivity index (χ2n) is 11.2. The summed E-state index contributed by atoms with van der Waals surface area (Å²) >= 11 is 0. The Morgan fingerprint density at radius 2 is 1.62 bits per heavy atom. The molecule has 2 aliphatic heterocycles. The van der Waals surface area contributed by atoms with Crippen molar-refractivity contribution in [2.45, 2.75) is 86.2 Å². The number of H-pyrrole nitrogens is 2. The molecule has 7 heteroatoms. The molecule has 3 aromatic heterocycles. The van der Waals surface area contributed by atoms with Crippen LogP contribution >= 0.6 is 0 Å². The molecule has 3 aromatic rings. The van der Waals surface area contributed by atoms with Gasteiger partial charge in [-0.15, -0.1) is 0 Å². The third-order valence-electron chi connectivity index (χ3n) is 8.68. The Morgan fingerprint density at radius 1 is 0.950 bits per heavy atom. The number of hydrogen-bond acceptors (Lipinski definition) is 5. The molecule has 40 heavy (non-hydrogen) atoms. The number of ether oxygens (including phenoxy) is 1. The Hall–Kier alpha value is -3.71. The number of rotatable bonds is 6. The fourth-order valence-corrected chi connectivity index (χ4v) is 6.18. The van der Waals surface area contributed by atoms with Crippen LogP contribution in [-0.4, -0.2) is 37.6 Å². The van der Waals surface area contributed by atoms with Crippen LogP contribution < -0.4 is 0 Å². The summed E-state index contributed by atoms with van der Waals surface area (Å²) in [5.41, 5.74) is 14.5. The van der Waals surface area contributed by atoms with Crippen molar-refractivity contribution in [3.63, 3.8) is 0 Å². The zero-order valence-electron chi connectivity index (χ0n) is 24.7. The summed E-state index contributed by atoms with van der Waals surface area (Å²) in [6.07, 6.45) is 4.68. The van der Waals surface area contributed by atoms with Crippen LogP contribution in [0.5, 0.6) is 0 Å². The van der Waals surface area contributed by atoms with Crippen LogP contribution in [0.2, 0.25) is 0 Å². The van der Waals surface area contributed by atoms with E-state index in [1.54, 1.807) is 0 Å². The van der Waals surface area contributed by atoms with Gasteiger partial charge in [0.05, 0.1) is 24.6 Å². The first-order valence-corrected chi connectivity index (χ1v) is 14.3. The van der Waals surface area contributed by atoms with E-state index in [1.807, 2.05) is 6.92 Å². The van der Waals surface area contributed by atoms with Crippen LogP contribution in [0.3, 0.4) is 0 Å². The topological polar surface area (TPSA) is 104 Å². The molecule has 5 heterocycles. The number of nitrogens with zero attached hydrogens (tertiary/aromatic N) is 2. The number of carbonyl (C=O) groups is 1. The molecular weight excluding hydrogens is 500 g/mol. The molecule has 8 bridgehead atoms. The largest absolute Gasteiger partial charge is 0.466 e. The molecule has 2 atom stereocenters. The highest BCUT2D eigenvalue weighted by Crippen LogP contribution is 2.42. The summed E-state index contributed by atoms with van der Waals surface area (Å²) in [5, 5.41) is 10.3. The highest BCUT2D eigenvalue weighted by Gasteiger charge is 2.30. The summed E-state index contributed by atoms with van der Waals surface area (Å²) in [4.78, 5) is 28.8. The van der Waals surface area contributed by atoms with Gasteiger partial charge < -0.3 is 19.8 Å². The van der Waals surface area contributed by atoms with Crippen molar-refractivity contribution in [3.05, 3.63) is 68.8 Å². The summed E-state index contributed by atoms with van der Waals surface area (Å²) in [6, 6.07) is 6.40. The van der Waals surface area contributed by atoms with Gasteiger partial charge in [-0.3, -0.25) is 9.78 Å². The number of allylic oxidation sites excluding steroid dienone is 1. The Labute approximate surface area is 235 Å². The second kappa shape index (κ2) is 11.0. The maximum Gasteiger partial charge on any atom is 0.302 e. The van der Waals surface area contributed by atoms with E-state index >= 15 is 0 Å².